The van der Waals surface area contributed by atoms with Gasteiger partial charge in [-0.15, -0.1) is 0 Å². The fourth-order valence-corrected chi connectivity index (χ4v) is 3.08. The maximum atomic E-state index is 12.5. The molecule has 0 fully saturated rings. The van der Waals surface area contributed by atoms with E-state index in [1.54, 1.807) is 30.3 Å². The maximum Gasteiger partial charge on any atom is 0.323 e. The maximum absolute atomic E-state index is 12.5. The Balaban J connectivity index is 1.68. The van der Waals surface area contributed by atoms with Gasteiger partial charge in [-0.25, -0.2) is 4.79 Å². The van der Waals surface area contributed by atoms with Crippen LogP contribution in [-0.2, 0) is 11.3 Å². The van der Waals surface area contributed by atoms with Gasteiger partial charge in [-0.1, -0.05) is 29.3 Å². The van der Waals surface area contributed by atoms with Crippen LogP contribution in [0.15, 0.2) is 41.2 Å². The van der Waals surface area contributed by atoms with E-state index in [9.17, 15) is 9.59 Å². The van der Waals surface area contributed by atoms with E-state index in [4.69, 9.17) is 23.2 Å². The molecule has 0 aliphatic heterocycles. The van der Waals surface area contributed by atoms with E-state index in [1.807, 2.05) is 24.9 Å². The first-order valence-electron chi connectivity index (χ1n) is 8.00. The summed E-state index contributed by atoms with van der Waals surface area (Å²) in [5.74, 6) is -0.158. The van der Waals surface area contributed by atoms with Gasteiger partial charge in [-0.05, 0) is 49.9 Å². The molecule has 3 N–H and O–H groups in total. The van der Waals surface area contributed by atoms with Gasteiger partial charge in [0.25, 0.3) is 0 Å². The normalized spacial score (nSPS) is 12.5. The van der Waals surface area contributed by atoms with E-state index < -0.39 is 0 Å². The number of rotatable bonds is 5. The Morgan fingerprint density at radius 1 is 1.15 bits per heavy atom. The average Bonchev–Trinajstić information content (AvgIpc) is 2.95. The Morgan fingerprint density at radius 3 is 2.62 bits per heavy atom. The number of carbonyl (C=O) groups is 1. The van der Waals surface area contributed by atoms with Crippen molar-refractivity contribution in [1.82, 2.24) is 14.9 Å². The lowest BCUT2D eigenvalue weighted by Gasteiger charge is -2.24. The van der Waals surface area contributed by atoms with E-state index in [2.05, 4.69) is 15.3 Å². The minimum atomic E-state index is -0.386. The summed E-state index contributed by atoms with van der Waals surface area (Å²) in [5.41, 5.74) is 2.56. The predicted octanol–water partition coefficient (Wildman–Crippen LogP) is 3.62. The van der Waals surface area contributed by atoms with Crippen LogP contribution in [0, 0.1) is 0 Å². The van der Waals surface area contributed by atoms with E-state index >= 15 is 0 Å². The van der Waals surface area contributed by atoms with Crippen LogP contribution in [0.2, 0.25) is 10.0 Å². The number of carbonyl (C=O) groups excluding carboxylic acids is 1. The molecule has 0 aliphatic rings. The number of halogens is 2. The standard InChI is InChI=1S/C18H18Cl2N4O2/c1-10(24(2)9-11-3-4-12(19)7-14(11)20)17(25)21-13-5-6-15-16(8-13)23-18(26)22-15/h3-8,10H,9H2,1-2H3,(H,21,25)(H2,22,23,26)/t10-/m1/s1. The van der Waals surface area contributed by atoms with E-state index in [0.717, 1.165) is 5.56 Å². The van der Waals surface area contributed by atoms with Gasteiger partial charge in [0.15, 0.2) is 0 Å². The molecule has 26 heavy (non-hydrogen) atoms. The zero-order valence-electron chi connectivity index (χ0n) is 14.3. The smallest absolute Gasteiger partial charge is 0.323 e. The molecule has 8 heteroatoms. The van der Waals surface area contributed by atoms with E-state index in [1.165, 1.54) is 0 Å². The number of nitrogens with one attached hydrogen (secondary N) is 3. The molecular formula is C18H18Cl2N4O2. The second-order valence-electron chi connectivity index (χ2n) is 6.16. The molecule has 0 spiro atoms. The topological polar surface area (TPSA) is 81.0 Å². The molecule has 0 unspecified atom stereocenters. The molecule has 3 aromatic rings. The van der Waals surface area contributed by atoms with Crippen LogP contribution in [-0.4, -0.2) is 33.9 Å². The summed E-state index contributed by atoms with van der Waals surface area (Å²) in [7, 11) is 1.85. The average molecular weight is 393 g/mol. The van der Waals surface area contributed by atoms with Gasteiger partial charge < -0.3 is 15.3 Å². The molecule has 2 aromatic carbocycles. The summed E-state index contributed by atoms with van der Waals surface area (Å²) in [6, 6.07) is 10.1. The summed E-state index contributed by atoms with van der Waals surface area (Å²) in [6.45, 7) is 2.32. The van der Waals surface area contributed by atoms with Crippen molar-refractivity contribution < 1.29 is 4.79 Å². The van der Waals surface area contributed by atoms with E-state index in [0.29, 0.717) is 33.3 Å². The summed E-state index contributed by atoms with van der Waals surface area (Å²) in [5, 5.41) is 4.01. The van der Waals surface area contributed by atoms with Crippen LogP contribution in [0.5, 0.6) is 0 Å². The third-order valence-corrected chi connectivity index (χ3v) is 4.85. The van der Waals surface area contributed by atoms with Crippen LogP contribution < -0.4 is 11.0 Å². The summed E-state index contributed by atoms with van der Waals surface area (Å²) in [6.07, 6.45) is 0. The number of likely N-dealkylation sites (N-methyl/N-ethyl adjacent to an activating group) is 1. The fraction of sp³-hybridized carbons (Fsp3) is 0.222. The number of fused-ring (bicyclic) bond motifs is 1. The molecule has 0 bridgehead atoms. The van der Waals surface area contributed by atoms with Crippen molar-refractivity contribution in [2.45, 2.75) is 19.5 Å². The van der Waals surface area contributed by atoms with Crippen molar-refractivity contribution in [2.75, 3.05) is 12.4 Å². The molecule has 1 amide bonds. The molecular weight excluding hydrogens is 375 g/mol. The number of amides is 1. The second kappa shape index (κ2) is 7.53. The minimum Gasteiger partial charge on any atom is -0.325 e. The van der Waals surface area contributed by atoms with Gasteiger partial charge in [0.2, 0.25) is 5.91 Å². The van der Waals surface area contributed by atoms with Crippen molar-refractivity contribution >= 4 is 45.8 Å². The predicted molar refractivity (Wildman–Crippen MR) is 105 cm³/mol. The minimum absolute atomic E-state index is 0.158. The Hall–Kier alpha value is -2.28. The lowest BCUT2D eigenvalue weighted by molar-refractivity contribution is -0.120. The molecule has 136 valence electrons. The number of aromatic nitrogens is 2. The summed E-state index contributed by atoms with van der Waals surface area (Å²) in [4.78, 5) is 31.1. The van der Waals surface area contributed by atoms with Gasteiger partial charge in [-0.2, -0.15) is 0 Å². The third kappa shape index (κ3) is 4.09. The van der Waals surface area contributed by atoms with E-state index in [-0.39, 0.29) is 17.6 Å². The van der Waals surface area contributed by atoms with Gasteiger partial charge in [0.1, 0.15) is 0 Å². The highest BCUT2D eigenvalue weighted by atomic mass is 35.5. The number of benzene rings is 2. The van der Waals surface area contributed by atoms with Crippen molar-refractivity contribution in [3.8, 4) is 0 Å². The molecule has 3 rings (SSSR count). The Bertz CT molecular complexity index is 1010. The summed E-state index contributed by atoms with van der Waals surface area (Å²) < 4.78 is 0. The van der Waals surface area contributed by atoms with Crippen LogP contribution >= 0.6 is 23.2 Å². The Morgan fingerprint density at radius 2 is 1.88 bits per heavy atom. The number of anilines is 1. The number of hydrogen-bond donors (Lipinski definition) is 3. The SMILES string of the molecule is C[C@H](C(=O)Nc1ccc2[nH]c(=O)[nH]c2c1)N(C)Cc1ccc(Cl)cc1Cl. The fourth-order valence-electron chi connectivity index (χ4n) is 2.61. The number of hydrogen-bond acceptors (Lipinski definition) is 3. The van der Waals surface area contributed by atoms with Crippen molar-refractivity contribution in [1.29, 1.82) is 0 Å². The zero-order valence-corrected chi connectivity index (χ0v) is 15.8. The molecule has 0 aliphatic carbocycles. The monoisotopic (exact) mass is 392 g/mol. The largest absolute Gasteiger partial charge is 0.325 e. The number of imidazole rings is 1. The van der Waals surface area contributed by atoms with Gasteiger partial charge in [-0.3, -0.25) is 9.69 Å². The lowest BCUT2D eigenvalue weighted by Crippen LogP contribution is -2.39. The van der Waals surface area contributed by atoms with Crippen LogP contribution in [0.25, 0.3) is 11.0 Å². The highest BCUT2D eigenvalue weighted by Gasteiger charge is 2.19. The molecule has 0 radical (unpaired) electrons. The zero-order chi connectivity index (χ0) is 18.8. The van der Waals surface area contributed by atoms with Crippen LogP contribution in [0.3, 0.4) is 0 Å². The first-order valence-corrected chi connectivity index (χ1v) is 8.76. The molecule has 6 nitrogen and oxygen atoms in total. The molecule has 1 heterocycles. The van der Waals surface area contributed by atoms with Gasteiger partial charge in [0.05, 0.1) is 17.1 Å². The first kappa shape index (κ1) is 18.5. The molecule has 0 saturated carbocycles. The summed E-state index contributed by atoms with van der Waals surface area (Å²) >= 11 is 12.1. The van der Waals surface area contributed by atoms with Gasteiger partial charge >= 0.3 is 5.69 Å². The number of H-pyrrole nitrogens is 2. The highest BCUT2D eigenvalue weighted by molar-refractivity contribution is 6.35. The van der Waals surface area contributed by atoms with Crippen LogP contribution in [0.4, 0.5) is 5.69 Å². The number of aromatic amines is 2. The van der Waals surface area contributed by atoms with Gasteiger partial charge in [0, 0.05) is 22.3 Å². The Labute approximate surface area is 160 Å². The Kier molecular flexibility index (Phi) is 5.36. The molecule has 0 saturated heterocycles. The quantitative estimate of drug-likeness (QED) is 0.619. The molecule has 1 aromatic heterocycles. The van der Waals surface area contributed by atoms with Crippen molar-refractivity contribution in [2.24, 2.45) is 0 Å². The molecule has 1 atom stereocenters. The second-order valence-corrected chi connectivity index (χ2v) is 7.00. The van der Waals surface area contributed by atoms with Crippen molar-refractivity contribution in [3.63, 3.8) is 0 Å². The van der Waals surface area contributed by atoms with Crippen molar-refractivity contribution in [3.05, 3.63) is 62.5 Å². The number of nitrogens with zero attached hydrogens (tertiary/aromatic N) is 1. The third-order valence-electron chi connectivity index (χ3n) is 4.26. The lowest BCUT2D eigenvalue weighted by atomic mass is 10.2. The van der Waals surface area contributed by atoms with Crippen LogP contribution in [0.1, 0.15) is 12.5 Å². The first-order chi connectivity index (χ1) is 12.3. The highest BCUT2D eigenvalue weighted by Crippen LogP contribution is 2.23.